The summed E-state index contributed by atoms with van der Waals surface area (Å²) in [6.45, 7) is 15.3. The van der Waals surface area contributed by atoms with Crippen molar-refractivity contribution in [2.75, 3.05) is 26.2 Å². The third kappa shape index (κ3) is 39.5. The number of unbranched alkanes of at least 4 members (excludes halogenated alkanes) is 38. The van der Waals surface area contributed by atoms with E-state index in [-0.39, 0.29) is 0 Å². The summed E-state index contributed by atoms with van der Waals surface area (Å²) < 4.78 is 1.49. The molecule has 0 rings (SSSR count). The Morgan fingerprint density at radius 1 is 0.157 bits per heavy atom. The van der Waals surface area contributed by atoms with Crippen LogP contribution in [0.15, 0.2) is 0 Å². The minimum atomic E-state index is 1.37. The molecule has 0 radical (unpaired) electrons. The number of nitrogens with zero attached hydrogens (tertiary/aromatic N) is 1. The zero-order valence-corrected chi connectivity index (χ0v) is 37.0. The molecule has 0 bridgehead atoms. The largest absolute Gasteiger partial charge is 0.324 e. The van der Waals surface area contributed by atoms with E-state index >= 15 is 0 Å². The third-order valence-corrected chi connectivity index (χ3v) is 12.4. The maximum absolute atomic E-state index is 2.34. The molecule has 0 aromatic rings. The number of hydrogen-bond donors (Lipinski definition) is 0. The molecule has 308 valence electrons. The molecule has 1 nitrogen and oxygen atoms in total. The molecule has 0 atom stereocenters. The summed E-state index contributed by atoms with van der Waals surface area (Å²) in [4.78, 5) is 0. The standard InChI is InChI=1S/C50H104N/c1-5-9-13-17-21-25-28-32-36-40-44-48-51(47-43-39-35-31-24-20-16-12-8-4,49-45-41-37-33-29-26-22-18-14-10-6-2)50-46-42-38-34-30-27-23-19-15-11-7-3/h5-50H2,1-4H3/q+1. The lowest BCUT2D eigenvalue weighted by molar-refractivity contribution is -0.929. The molecule has 51 heavy (non-hydrogen) atoms. The van der Waals surface area contributed by atoms with E-state index in [4.69, 9.17) is 0 Å². The number of quaternary nitrogens is 1. The van der Waals surface area contributed by atoms with Gasteiger partial charge in [-0.15, -0.1) is 0 Å². The Balaban J connectivity index is 4.87. The van der Waals surface area contributed by atoms with Crippen LogP contribution in [0, 0.1) is 0 Å². The highest BCUT2D eigenvalue weighted by molar-refractivity contribution is 4.57. The summed E-state index contributed by atoms with van der Waals surface area (Å²) in [5.41, 5.74) is 0. The first-order chi connectivity index (χ1) is 25.2. The van der Waals surface area contributed by atoms with Crippen LogP contribution in [-0.4, -0.2) is 30.7 Å². The van der Waals surface area contributed by atoms with Gasteiger partial charge in [-0.2, -0.15) is 0 Å². The van der Waals surface area contributed by atoms with Crippen LogP contribution in [0.2, 0.25) is 0 Å². The Kier molecular flexibility index (Phi) is 44.3. The summed E-state index contributed by atoms with van der Waals surface area (Å²) in [7, 11) is 0. The third-order valence-electron chi connectivity index (χ3n) is 12.4. The highest BCUT2D eigenvalue weighted by Gasteiger charge is 2.25. The van der Waals surface area contributed by atoms with Crippen LogP contribution in [0.5, 0.6) is 0 Å². The molecule has 0 saturated carbocycles. The van der Waals surface area contributed by atoms with Crippen molar-refractivity contribution in [3.8, 4) is 0 Å². The monoisotopic (exact) mass is 719 g/mol. The summed E-state index contributed by atoms with van der Waals surface area (Å²) in [5.74, 6) is 0. The smallest absolute Gasteiger partial charge is 0.0786 e. The average Bonchev–Trinajstić information content (AvgIpc) is 3.14. The van der Waals surface area contributed by atoms with Gasteiger partial charge in [0.25, 0.3) is 0 Å². The average molecular weight is 719 g/mol. The van der Waals surface area contributed by atoms with Gasteiger partial charge in [0.1, 0.15) is 0 Å². The zero-order valence-electron chi connectivity index (χ0n) is 37.0. The molecular weight excluding hydrogens is 615 g/mol. The summed E-state index contributed by atoms with van der Waals surface area (Å²) in [6.07, 6.45) is 61.7. The van der Waals surface area contributed by atoms with Crippen LogP contribution in [0.4, 0.5) is 0 Å². The molecule has 0 spiro atoms. The van der Waals surface area contributed by atoms with Gasteiger partial charge in [0.15, 0.2) is 0 Å². The van der Waals surface area contributed by atoms with Crippen LogP contribution in [-0.2, 0) is 0 Å². The predicted molar refractivity (Wildman–Crippen MR) is 236 cm³/mol. The van der Waals surface area contributed by atoms with E-state index in [0.29, 0.717) is 0 Å². The van der Waals surface area contributed by atoms with E-state index < -0.39 is 0 Å². The SMILES string of the molecule is CCCCCCCCCCCCC[N+](CCCCCCCCCCC)(CCCCCCCCCCCCC)CCCCCCCCCCCCC. The van der Waals surface area contributed by atoms with Crippen molar-refractivity contribution in [2.24, 2.45) is 0 Å². The van der Waals surface area contributed by atoms with Gasteiger partial charge < -0.3 is 4.48 Å². The van der Waals surface area contributed by atoms with Gasteiger partial charge in [-0.05, 0) is 51.4 Å². The Morgan fingerprint density at radius 3 is 0.412 bits per heavy atom. The van der Waals surface area contributed by atoms with Gasteiger partial charge in [0, 0.05) is 0 Å². The van der Waals surface area contributed by atoms with E-state index in [9.17, 15) is 0 Å². The first-order valence-corrected chi connectivity index (χ1v) is 25.1. The van der Waals surface area contributed by atoms with Crippen LogP contribution in [0.1, 0.15) is 297 Å². The molecule has 0 heterocycles. The van der Waals surface area contributed by atoms with E-state index in [2.05, 4.69) is 27.7 Å². The molecule has 0 aliphatic rings. The van der Waals surface area contributed by atoms with Crippen molar-refractivity contribution >= 4 is 0 Å². The summed E-state index contributed by atoms with van der Waals surface area (Å²) in [5, 5.41) is 0. The van der Waals surface area contributed by atoms with Gasteiger partial charge in [0.05, 0.1) is 26.2 Å². The van der Waals surface area contributed by atoms with Crippen molar-refractivity contribution in [3.63, 3.8) is 0 Å². The van der Waals surface area contributed by atoms with Crippen LogP contribution < -0.4 is 0 Å². The summed E-state index contributed by atoms with van der Waals surface area (Å²) in [6, 6.07) is 0. The summed E-state index contributed by atoms with van der Waals surface area (Å²) >= 11 is 0. The lowest BCUT2D eigenvalue weighted by Gasteiger charge is -2.40. The lowest BCUT2D eigenvalue weighted by atomic mass is 10.0. The molecule has 0 aliphatic carbocycles. The molecule has 0 fully saturated rings. The fraction of sp³-hybridized carbons (Fsp3) is 1.00. The van der Waals surface area contributed by atoms with E-state index in [1.165, 1.54) is 300 Å². The van der Waals surface area contributed by atoms with Crippen molar-refractivity contribution in [1.82, 2.24) is 0 Å². The number of rotatable bonds is 46. The molecule has 0 saturated heterocycles. The fourth-order valence-corrected chi connectivity index (χ4v) is 8.76. The second-order valence-corrected chi connectivity index (χ2v) is 17.7. The lowest BCUT2D eigenvalue weighted by Crippen LogP contribution is -2.50. The Labute approximate surface area is 327 Å². The minimum absolute atomic E-state index is 1.37. The van der Waals surface area contributed by atoms with Gasteiger partial charge in [-0.25, -0.2) is 0 Å². The molecule has 0 N–H and O–H groups in total. The Morgan fingerprint density at radius 2 is 0.275 bits per heavy atom. The fourth-order valence-electron chi connectivity index (χ4n) is 8.76. The molecule has 0 aliphatic heterocycles. The van der Waals surface area contributed by atoms with Crippen LogP contribution >= 0.6 is 0 Å². The number of hydrogen-bond acceptors (Lipinski definition) is 0. The molecule has 0 aromatic heterocycles. The van der Waals surface area contributed by atoms with Gasteiger partial charge in [-0.1, -0.05) is 246 Å². The van der Waals surface area contributed by atoms with E-state index in [1.807, 2.05) is 0 Å². The normalized spacial score (nSPS) is 12.0. The zero-order chi connectivity index (χ0) is 37.0. The topological polar surface area (TPSA) is 0 Å². The van der Waals surface area contributed by atoms with Crippen molar-refractivity contribution in [2.45, 2.75) is 297 Å². The Hall–Kier alpha value is -0.0400. The minimum Gasteiger partial charge on any atom is -0.324 e. The second-order valence-electron chi connectivity index (χ2n) is 17.7. The molecular formula is C50H104N+. The first-order valence-electron chi connectivity index (χ1n) is 25.1. The van der Waals surface area contributed by atoms with Gasteiger partial charge in [0.2, 0.25) is 0 Å². The molecule has 0 unspecified atom stereocenters. The van der Waals surface area contributed by atoms with E-state index in [1.54, 1.807) is 0 Å². The van der Waals surface area contributed by atoms with Crippen molar-refractivity contribution < 1.29 is 4.48 Å². The van der Waals surface area contributed by atoms with Crippen LogP contribution in [0.25, 0.3) is 0 Å². The molecule has 0 amide bonds. The quantitative estimate of drug-likeness (QED) is 0.0434. The van der Waals surface area contributed by atoms with Crippen molar-refractivity contribution in [3.05, 3.63) is 0 Å². The maximum atomic E-state index is 2.34. The maximum Gasteiger partial charge on any atom is 0.0786 e. The predicted octanol–water partition coefficient (Wildman–Crippen LogP) is 18.3. The second kappa shape index (κ2) is 44.4. The Bertz CT molecular complexity index is 533. The van der Waals surface area contributed by atoms with Crippen LogP contribution in [0.3, 0.4) is 0 Å². The first kappa shape index (κ1) is 51.0. The molecule has 1 heteroatoms. The van der Waals surface area contributed by atoms with Crippen molar-refractivity contribution in [1.29, 1.82) is 0 Å². The highest BCUT2D eigenvalue weighted by atomic mass is 15.3. The van der Waals surface area contributed by atoms with Gasteiger partial charge in [-0.3, -0.25) is 0 Å². The van der Waals surface area contributed by atoms with Gasteiger partial charge >= 0.3 is 0 Å². The molecule has 0 aromatic carbocycles. The highest BCUT2D eigenvalue weighted by Crippen LogP contribution is 2.22. The van der Waals surface area contributed by atoms with E-state index in [0.717, 1.165) is 0 Å².